The summed E-state index contributed by atoms with van der Waals surface area (Å²) < 4.78 is 27.8. The van der Waals surface area contributed by atoms with E-state index in [2.05, 4.69) is 25.3 Å². The van der Waals surface area contributed by atoms with Crippen molar-refractivity contribution in [1.29, 1.82) is 0 Å². The number of pyridine rings is 2. The zero-order valence-electron chi connectivity index (χ0n) is 18.7. The van der Waals surface area contributed by atoms with Crippen LogP contribution in [0.3, 0.4) is 0 Å². The van der Waals surface area contributed by atoms with Gasteiger partial charge in [0.25, 0.3) is 15.6 Å². The van der Waals surface area contributed by atoms with Gasteiger partial charge in [-0.2, -0.15) is 4.98 Å². The number of aromatic amines is 1. The summed E-state index contributed by atoms with van der Waals surface area (Å²) in [6.45, 7) is 5.31. The second-order valence-corrected chi connectivity index (χ2v) is 10.2. The zero-order chi connectivity index (χ0) is 24.5. The zero-order valence-corrected chi connectivity index (χ0v) is 20.3. The van der Waals surface area contributed by atoms with Gasteiger partial charge in [-0.05, 0) is 57.2 Å². The van der Waals surface area contributed by atoms with Gasteiger partial charge in [-0.15, -0.1) is 0 Å². The molecule has 0 saturated carbocycles. The third-order valence-electron chi connectivity index (χ3n) is 5.17. The van der Waals surface area contributed by atoms with Crippen molar-refractivity contribution in [2.45, 2.75) is 37.8 Å². The van der Waals surface area contributed by atoms with E-state index in [0.717, 1.165) is 5.39 Å². The molecule has 3 heterocycles. The number of fused-ring (bicyclic) bond motifs is 1. The molecule has 176 valence electrons. The highest BCUT2D eigenvalue weighted by atomic mass is 35.5. The minimum atomic E-state index is -3.90. The van der Waals surface area contributed by atoms with Crippen molar-refractivity contribution in [1.82, 2.24) is 19.9 Å². The van der Waals surface area contributed by atoms with Gasteiger partial charge >= 0.3 is 0 Å². The summed E-state index contributed by atoms with van der Waals surface area (Å²) in [5, 5.41) is 4.45. The van der Waals surface area contributed by atoms with Gasteiger partial charge in [0.05, 0.1) is 6.04 Å². The summed E-state index contributed by atoms with van der Waals surface area (Å²) in [5.41, 5.74) is 0.887. The molecule has 1 aromatic carbocycles. The first-order chi connectivity index (χ1) is 16.2. The molecule has 0 aliphatic rings. The van der Waals surface area contributed by atoms with Gasteiger partial charge in [0.2, 0.25) is 5.95 Å². The molecule has 1 unspecified atom stereocenters. The lowest BCUT2D eigenvalue weighted by atomic mass is 10.1. The van der Waals surface area contributed by atoms with Crippen molar-refractivity contribution in [2.24, 2.45) is 0 Å². The monoisotopic (exact) mass is 498 g/mol. The van der Waals surface area contributed by atoms with Gasteiger partial charge < -0.3 is 10.3 Å². The number of rotatable bonds is 7. The average molecular weight is 499 g/mol. The fourth-order valence-corrected chi connectivity index (χ4v) is 5.36. The number of H-pyrrole nitrogens is 1. The quantitative estimate of drug-likeness (QED) is 0.392. The lowest BCUT2D eigenvalue weighted by molar-refractivity contribution is 0.583. The van der Waals surface area contributed by atoms with Crippen LogP contribution in [0.25, 0.3) is 10.9 Å². The summed E-state index contributed by atoms with van der Waals surface area (Å²) in [5.74, 6) is 0.380. The standard InChI is InChI=1S/C23H23ClN6O3S/c1-14(2)30(34(32,33)18-5-4-9-25-13-18)21-8-10-26-23(29-21)27-15(3)19-12-16-11-17(24)6-7-20(16)28-22(19)31/h4-15H,1-3H3,(H,28,31)(H,26,27,29). The number of nitrogens with zero attached hydrogens (tertiary/aromatic N) is 4. The van der Waals surface area contributed by atoms with E-state index in [0.29, 0.717) is 16.1 Å². The molecule has 1 atom stereocenters. The molecule has 11 heteroatoms. The number of aromatic nitrogens is 4. The molecule has 4 aromatic rings. The van der Waals surface area contributed by atoms with Gasteiger partial charge in [-0.1, -0.05) is 11.6 Å². The van der Waals surface area contributed by atoms with E-state index < -0.39 is 22.1 Å². The van der Waals surface area contributed by atoms with E-state index >= 15 is 0 Å². The van der Waals surface area contributed by atoms with Gasteiger partial charge in [-0.3, -0.25) is 9.78 Å². The molecule has 9 nitrogen and oxygen atoms in total. The number of hydrogen-bond acceptors (Lipinski definition) is 7. The predicted octanol–water partition coefficient (Wildman–Crippen LogP) is 4.14. The smallest absolute Gasteiger partial charge is 0.267 e. The number of sulfonamides is 1. The molecule has 0 saturated heterocycles. The minimum absolute atomic E-state index is 0.0616. The molecule has 3 aromatic heterocycles. The molecule has 34 heavy (non-hydrogen) atoms. The van der Waals surface area contributed by atoms with Crippen LogP contribution in [0.2, 0.25) is 5.02 Å². The summed E-state index contributed by atoms with van der Waals surface area (Å²) >= 11 is 6.09. The lowest BCUT2D eigenvalue weighted by Crippen LogP contribution is -2.37. The molecule has 0 amide bonds. The SMILES string of the molecule is CC(Nc1nccc(N(C(C)C)S(=O)(=O)c2cccnc2)n1)c1cc2cc(Cl)ccc2[nH]c1=O. The van der Waals surface area contributed by atoms with Crippen molar-refractivity contribution in [3.63, 3.8) is 0 Å². The Bertz CT molecular complexity index is 1490. The predicted molar refractivity (Wildman–Crippen MR) is 133 cm³/mol. The van der Waals surface area contributed by atoms with Crippen LogP contribution in [-0.2, 0) is 10.0 Å². The van der Waals surface area contributed by atoms with Crippen LogP contribution in [0.4, 0.5) is 11.8 Å². The van der Waals surface area contributed by atoms with E-state index in [1.165, 1.54) is 35.0 Å². The van der Waals surface area contributed by atoms with Gasteiger partial charge in [0.1, 0.15) is 10.7 Å². The molecule has 2 N–H and O–H groups in total. The van der Waals surface area contributed by atoms with E-state index in [9.17, 15) is 13.2 Å². The highest BCUT2D eigenvalue weighted by molar-refractivity contribution is 7.92. The number of hydrogen-bond donors (Lipinski definition) is 2. The Kier molecular flexibility index (Phi) is 6.54. The van der Waals surface area contributed by atoms with Crippen LogP contribution < -0.4 is 15.2 Å². The van der Waals surface area contributed by atoms with Crippen LogP contribution in [-0.4, -0.2) is 34.4 Å². The van der Waals surface area contributed by atoms with Crippen molar-refractivity contribution in [2.75, 3.05) is 9.62 Å². The Morgan fingerprint density at radius 2 is 1.88 bits per heavy atom. The van der Waals surface area contributed by atoms with E-state index in [1.807, 2.05) is 0 Å². The molecule has 0 aliphatic carbocycles. The van der Waals surface area contributed by atoms with Crippen LogP contribution in [0, 0.1) is 0 Å². The first-order valence-electron chi connectivity index (χ1n) is 10.5. The minimum Gasteiger partial charge on any atom is -0.347 e. The topological polar surface area (TPSA) is 121 Å². The Morgan fingerprint density at radius 3 is 2.59 bits per heavy atom. The van der Waals surface area contributed by atoms with Crippen molar-refractivity contribution >= 4 is 44.3 Å². The summed E-state index contributed by atoms with van der Waals surface area (Å²) in [4.78, 5) is 28.1. The summed E-state index contributed by atoms with van der Waals surface area (Å²) in [6, 6.07) is 10.7. The fourth-order valence-electron chi connectivity index (χ4n) is 3.61. The first kappa shape index (κ1) is 23.7. The third-order valence-corrected chi connectivity index (χ3v) is 7.37. The van der Waals surface area contributed by atoms with Crippen LogP contribution >= 0.6 is 11.6 Å². The van der Waals surface area contributed by atoms with Gasteiger partial charge in [0.15, 0.2) is 0 Å². The Hall–Kier alpha value is -3.50. The highest BCUT2D eigenvalue weighted by Gasteiger charge is 2.29. The number of halogens is 1. The van der Waals surface area contributed by atoms with E-state index in [4.69, 9.17) is 11.6 Å². The van der Waals surface area contributed by atoms with Crippen molar-refractivity contribution < 1.29 is 8.42 Å². The second-order valence-electron chi connectivity index (χ2n) is 7.97. The maximum absolute atomic E-state index is 13.3. The van der Waals surface area contributed by atoms with E-state index in [-0.39, 0.29) is 22.2 Å². The molecular weight excluding hydrogens is 476 g/mol. The number of anilines is 2. The fraction of sp³-hybridized carbons (Fsp3) is 0.217. The second kappa shape index (κ2) is 9.40. The summed E-state index contributed by atoms with van der Waals surface area (Å²) in [7, 11) is -3.90. The molecule has 0 bridgehead atoms. The first-order valence-corrected chi connectivity index (χ1v) is 12.3. The Morgan fingerprint density at radius 1 is 1.09 bits per heavy atom. The van der Waals surface area contributed by atoms with Gasteiger partial charge in [-0.25, -0.2) is 17.7 Å². The maximum Gasteiger partial charge on any atom is 0.267 e. The highest BCUT2D eigenvalue weighted by Crippen LogP contribution is 2.26. The summed E-state index contributed by atoms with van der Waals surface area (Å²) in [6.07, 6.45) is 4.27. The van der Waals surface area contributed by atoms with E-state index in [1.54, 1.807) is 51.1 Å². The Balaban J connectivity index is 1.66. The molecule has 0 fully saturated rings. The van der Waals surface area contributed by atoms with Crippen molar-refractivity contribution in [3.8, 4) is 0 Å². The van der Waals surface area contributed by atoms with Crippen LogP contribution in [0.5, 0.6) is 0 Å². The lowest BCUT2D eigenvalue weighted by Gasteiger charge is -2.27. The molecule has 0 aliphatic heterocycles. The molecule has 0 radical (unpaired) electrons. The third kappa shape index (κ3) is 4.73. The number of nitrogens with one attached hydrogen (secondary N) is 2. The molecule has 4 rings (SSSR count). The van der Waals surface area contributed by atoms with Crippen LogP contribution in [0.15, 0.2) is 70.7 Å². The molecular formula is C23H23ClN6O3S. The van der Waals surface area contributed by atoms with Crippen LogP contribution in [0.1, 0.15) is 32.4 Å². The largest absolute Gasteiger partial charge is 0.347 e. The normalized spacial score (nSPS) is 12.6. The number of benzene rings is 1. The van der Waals surface area contributed by atoms with Crippen molar-refractivity contribution in [3.05, 3.63) is 82.0 Å². The maximum atomic E-state index is 13.3. The average Bonchev–Trinajstić information content (AvgIpc) is 2.79. The molecule has 0 spiro atoms. The van der Waals surface area contributed by atoms with Gasteiger partial charge in [0, 0.05) is 52.2 Å². The Labute approximate surface area is 201 Å².